The van der Waals surface area contributed by atoms with Gasteiger partial charge in [-0.15, -0.1) is 0 Å². The number of carbonyl (C=O) groups is 1. The number of hydrogen-bond acceptors (Lipinski definition) is 3. The minimum Gasteiger partial charge on any atom is -0.343 e. The van der Waals surface area contributed by atoms with Crippen molar-refractivity contribution >= 4 is 11.6 Å². The van der Waals surface area contributed by atoms with E-state index in [0.29, 0.717) is 12.2 Å². The number of rotatable bonds is 2. The molecule has 0 bridgehead atoms. The van der Waals surface area contributed by atoms with Crippen LogP contribution in [-0.4, -0.2) is 15.6 Å². The zero-order chi connectivity index (χ0) is 21.8. The Hall–Kier alpha value is -3.14. The van der Waals surface area contributed by atoms with Crippen LogP contribution in [0.3, 0.4) is 0 Å². The number of aromatic nitrogens is 2. The van der Waals surface area contributed by atoms with E-state index in [9.17, 15) is 4.79 Å². The molecule has 2 heterocycles. The van der Waals surface area contributed by atoms with Gasteiger partial charge in [-0.2, -0.15) is 5.10 Å². The third kappa shape index (κ3) is 3.31. The number of hydrogen-bond donors (Lipinski definition) is 1. The van der Waals surface area contributed by atoms with Crippen molar-refractivity contribution in [3.05, 3.63) is 83.2 Å². The summed E-state index contributed by atoms with van der Waals surface area (Å²) in [6.07, 6.45) is 3.61. The van der Waals surface area contributed by atoms with E-state index < -0.39 is 0 Å². The topological polar surface area (TPSA) is 46.9 Å². The summed E-state index contributed by atoms with van der Waals surface area (Å²) in [5.41, 5.74) is 6.58. The highest BCUT2D eigenvalue weighted by Crippen LogP contribution is 2.49. The van der Waals surface area contributed by atoms with Crippen LogP contribution in [-0.2, 0) is 10.3 Å². The third-order valence-electron chi connectivity index (χ3n) is 6.46. The highest BCUT2D eigenvalue weighted by atomic mass is 16.1. The minimum absolute atomic E-state index is 0.0174. The lowest BCUT2D eigenvalue weighted by Gasteiger charge is -2.38. The first-order valence-corrected chi connectivity index (χ1v) is 11.1. The zero-order valence-electron chi connectivity index (χ0n) is 18.6. The van der Waals surface area contributed by atoms with E-state index in [0.717, 1.165) is 29.2 Å². The van der Waals surface area contributed by atoms with Crippen LogP contribution in [0.5, 0.6) is 0 Å². The molecule has 0 spiro atoms. The SMILES string of the molecule is Cc1nn(C(C)(C)C)c2c1[C@@H](c1ccc(-c3ccccc3)cc1)[C@@H]1C(=O)CCC=C1N2. The Morgan fingerprint density at radius 3 is 2.32 bits per heavy atom. The maximum absolute atomic E-state index is 13.1. The monoisotopic (exact) mass is 411 g/mol. The maximum atomic E-state index is 13.1. The second-order valence-corrected chi connectivity index (χ2v) is 9.66. The van der Waals surface area contributed by atoms with Gasteiger partial charge in [0, 0.05) is 23.6 Å². The van der Waals surface area contributed by atoms with Crippen molar-refractivity contribution in [1.82, 2.24) is 9.78 Å². The molecule has 1 aliphatic heterocycles. The molecule has 5 rings (SSSR count). The van der Waals surface area contributed by atoms with Crippen LogP contribution in [0, 0.1) is 12.8 Å². The number of Topliss-reactive ketones (excluding diaryl/α,β-unsaturated/α-hetero) is 1. The second kappa shape index (κ2) is 7.23. The number of benzene rings is 2. The molecule has 2 atom stereocenters. The smallest absolute Gasteiger partial charge is 0.143 e. The quantitative estimate of drug-likeness (QED) is 0.560. The van der Waals surface area contributed by atoms with Gasteiger partial charge in [0.05, 0.1) is 17.2 Å². The predicted octanol–water partition coefficient (Wildman–Crippen LogP) is 6.03. The van der Waals surface area contributed by atoms with Crippen LogP contribution in [0.2, 0.25) is 0 Å². The molecule has 158 valence electrons. The summed E-state index contributed by atoms with van der Waals surface area (Å²) in [6.45, 7) is 8.56. The number of fused-ring (bicyclic) bond motifs is 2. The summed E-state index contributed by atoms with van der Waals surface area (Å²) < 4.78 is 2.08. The van der Waals surface area contributed by atoms with Gasteiger partial charge in [-0.25, -0.2) is 4.68 Å². The van der Waals surface area contributed by atoms with Crippen molar-refractivity contribution in [2.24, 2.45) is 5.92 Å². The lowest BCUT2D eigenvalue weighted by molar-refractivity contribution is -0.122. The molecule has 1 aliphatic carbocycles. The van der Waals surface area contributed by atoms with Crippen molar-refractivity contribution in [3.63, 3.8) is 0 Å². The summed E-state index contributed by atoms with van der Waals surface area (Å²) in [5.74, 6) is 1.16. The molecule has 0 amide bonds. The van der Waals surface area contributed by atoms with Crippen LogP contribution < -0.4 is 5.32 Å². The van der Waals surface area contributed by atoms with Crippen molar-refractivity contribution in [2.45, 2.75) is 52.0 Å². The van der Waals surface area contributed by atoms with Gasteiger partial charge in [-0.05, 0) is 50.8 Å². The molecular formula is C27H29N3O. The van der Waals surface area contributed by atoms with E-state index >= 15 is 0 Å². The molecule has 0 saturated heterocycles. The van der Waals surface area contributed by atoms with E-state index in [2.05, 4.69) is 92.3 Å². The normalized spacial score (nSPS) is 20.5. The first-order valence-electron chi connectivity index (χ1n) is 11.1. The largest absolute Gasteiger partial charge is 0.343 e. The molecule has 4 nitrogen and oxygen atoms in total. The van der Waals surface area contributed by atoms with Crippen LogP contribution in [0.4, 0.5) is 5.82 Å². The molecule has 0 fully saturated rings. The van der Waals surface area contributed by atoms with E-state index in [1.54, 1.807) is 0 Å². The van der Waals surface area contributed by atoms with E-state index in [1.165, 1.54) is 16.7 Å². The van der Waals surface area contributed by atoms with Crippen molar-refractivity contribution in [2.75, 3.05) is 5.32 Å². The molecule has 0 unspecified atom stereocenters. The number of nitrogens with zero attached hydrogens (tertiary/aromatic N) is 2. The summed E-state index contributed by atoms with van der Waals surface area (Å²) >= 11 is 0. The molecule has 1 aromatic heterocycles. The van der Waals surface area contributed by atoms with Gasteiger partial charge in [0.2, 0.25) is 0 Å². The first-order chi connectivity index (χ1) is 14.8. The molecule has 0 radical (unpaired) electrons. The Kier molecular flexibility index (Phi) is 4.62. The van der Waals surface area contributed by atoms with Crippen molar-refractivity contribution in [1.29, 1.82) is 0 Å². The summed E-state index contributed by atoms with van der Waals surface area (Å²) in [5, 5.41) is 8.51. The van der Waals surface area contributed by atoms with Crippen molar-refractivity contribution in [3.8, 4) is 11.1 Å². The van der Waals surface area contributed by atoms with Crippen LogP contribution >= 0.6 is 0 Å². The van der Waals surface area contributed by atoms with Gasteiger partial charge in [0.25, 0.3) is 0 Å². The second-order valence-electron chi connectivity index (χ2n) is 9.66. The molecule has 1 N–H and O–H groups in total. The Labute approximate surface area is 184 Å². The highest BCUT2D eigenvalue weighted by molar-refractivity contribution is 5.89. The molecule has 3 aromatic rings. The summed E-state index contributed by atoms with van der Waals surface area (Å²) in [7, 11) is 0. The van der Waals surface area contributed by atoms with Gasteiger partial charge in [-0.1, -0.05) is 60.7 Å². The van der Waals surface area contributed by atoms with Gasteiger partial charge >= 0.3 is 0 Å². The summed E-state index contributed by atoms with van der Waals surface area (Å²) in [4.78, 5) is 13.1. The molecule has 2 aromatic carbocycles. The Bertz CT molecular complexity index is 1160. The number of anilines is 1. The number of ketones is 1. The average molecular weight is 412 g/mol. The number of nitrogens with one attached hydrogen (secondary N) is 1. The van der Waals surface area contributed by atoms with Gasteiger partial charge in [0.1, 0.15) is 11.6 Å². The minimum atomic E-state index is -0.167. The molecule has 4 heteroatoms. The highest BCUT2D eigenvalue weighted by Gasteiger charge is 2.43. The van der Waals surface area contributed by atoms with Gasteiger partial charge in [0.15, 0.2) is 0 Å². The van der Waals surface area contributed by atoms with E-state index in [-0.39, 0.29) is 17.4 Å². The third-order valence-corrected chi connectivity index (χ3v) is 6.46. The zero-order valence-corrected chi connectivity index (χ0v) is 18.6. The van der Waals surface area contributed by atoms with Crippen LogP contribution in [0.15, 0.2) is 66.4 Å². The number of carbonyl (C=O) groups excluding carboxylic acids is 1. The predicted molar refractivity (Wildman–Crippen MR) is 125 cm³/mol. The summed E-state index contributed by atoms with van der Waals surface area (Å²) in [6, 6.07) is 19.1. The Morgan fingerprint density at radius 1 is 0.968 bits per heavy atom. The fourth-order valence-electron chi connectivity index (χ4n) is 5.01. The average Bonchev–Trinajstić information content (AvgIpc) is 3.10. The molecular weight excluding hydrogens is 382 g/mol. The number of aryl methyl sites for hydroxylation is 1. The fourth-order valence-corrected chi connectivity index (χ4v) is 5.01. The Morgan fingerprint density at radius 2 is 1.65 bits per heavy atom. The van der Waals surface area contributed by atoms with Crippen LogP contribution in [0.1, 0.15) is 56.4 Å². The lowest BCUT2D eigenvalue weighted by Crippen LogP contribution is -2.36. The standard InChI is InChI=1S/C27H29N3O/c1-17-23-24(20-15-13-19(14-16-20)18-9-6-5-7-10-18)25-21(11-8-12-22(25)31)28-26(23)30(29-17)27(2,3)4/h5-7,9-11,13-16,24-25,28H,8,12H2,1-4H3/t24-,25+/m1/s1. The lowest BCUT2D eigenvalue weighted by atomic mass is 9.71. The molecule has 31 heavy (non-hydrogen) atoms. The van der Waals surface area contributed by atoms with Gasteiger partial charge < -0.3 is 5.32 Å². The Balaban J connectivity index is 1.66. The van der Waals surface area contributed by atoms with E-state index in [4.69, 9.17) is 5.10 Å². The first kappa shape index (κ1) is 19.8. The molecule has 2 aliphatic rings. The van der Waals surface area contributed by atoms with Gasteiger partial charge in [-0.3, -0.25) is 4.79 Å². The van der Waals surface area contributed by atoms with Crippen molar-refractivity contribution < 1.29 is 4.79 Å². The number of allylic oxidation sites excluding steroid dienone is 2. The molecule has 0 saturated carbocycles. The fraction of sp³-hybridized carbons (Fsp3) is 0.333. The van der Waals surface area contributed by atoms with Crippen LogP contribution in [0.25, 0.3) is 11.1 Å². The van der Waals surface area contributed by atoms with E-state index in [1.807, 2.05) is 6.07 Å². The maximum Gasteiger partial charge on any atom is 0.143 e.